The van der Waals surface area contributed by atoms with Crippen molar-refractivity contribution in [3.8, 4) is 0 Å². The van der Waals surface area contributed by atoms with E-state index in [1.807, 2.05) is 60.8 Å². The van der Waals surface area contributed by atoms with E-state index >= 15 is 0 Å². The number of rotatable bonds is 38. The van der Waals surface area contributed by atoms with Crippen LogP contribution in [0.2, 0.25) is 0 Å². The number of nitrogens with one attached hydrogen (secondary N) is 1. The number of allylic oxidation sites excluding steroid dienone is 18. The number of aliphatic hydroxyl groups excluding tert-OH is 2. The van der Waals surface area contributed by atoms with Gasteiger partial charge in [-0.15, -0.1) is 0 Å². The second-order valence-electron chi connectivity index (χ2n) is 14.8. The Kier molecular flexibility index (Phi) is 41.0. The van der Waals surface area contributed by atoms with Gasteiger partial charge in [0.05, 0.1) is 25.2 Å². The van der Waals surface area contributed by atoms with Crippen molar-refractivity contribution in [1.29, 1.82) is 0 Å². The van der Waals surface area contributed by atoms with Crippen molar-refractivity contribution in [2.24, 2.45) is 0 Å². The first kappa shape index (κ1) is 53.5. The van der Waals surface area contributed by atoms with Crippen molar-refractivity contribution in [3.05, 3.63) is 109 Å². The number of unbranched alkanes of at least 4 members (excludes halogenated alkanes) is 13. The molecule has 3 unspecified atom stereocenters. The summed E-state index contributed by atoms with van der Waals surface area (Å²) in [7, 11) is 0. The molecule has 0 aliphatic rings. The summed E-state index contributed by atoms with van der Waals surface area (Å²) in [6, 6.07) is -0.735. The Morgan fingerprint density at radius 2 is 1.05 bits per heavy atom. The Bertz CT molecular complexity index is 1200. The first-order valence-corrected chi connectivity index (χ1v) is 22.7. The van der Waals surface area contributed by atoms with Crippen LogP contribution in [0, 0.1) is 0 Å². The molecule has 6 heteroatoms. The number of carbonyl (C=O) groups excluding carboxylic acids is 2. The molecular formula is C51H83NO5. The van der Waals surface area contributed by atoms with Crippen molar-refractivity contribution in [2.45, 2.75) is 193 Å². The zero-order chi connectivity index (χ0) is 41.7. The second kappa shape index (κ2) is 43.6. The molecule has 57 heavy (non-hydrogen) atoms. The zero-order valence-electron chi connectivity index (χ0n) is 36.4. The van der Waals surface area contributed by atoms with E-state index in [-0.39, 0.29) is 24.9 Å². The van der Waals surface area contributed by atoms with Gasteiger partial charge in [-0.2, -0.15) is 0 Å². The number of esters is 1. The van der Waals surface area contributed by atoms with Gasteiger partial charge in [0.15, 0.2) is 0 Å². The molecule has 0 aromatic heterocycles. The van der Waals surface area contributed by atoms with Crippen molar-refractivity contribution < 1.29 is 24.5 Å². The van der Waals surface area contributed by atoms with E-state index in [9.17, 15) is 19.8 Å². The van der Waals surface area contributed by atoms with Gasteiger partial charge in [0.2, 0.25) is 5.91 Å². The van der Waals surface area contributed by atoms with Crippen LogP contribution < -0.4 is 5.32 Å². The standard InChI is InChI=1S/C51H83NO5/c1-4-7-10-13-16-19-21-23-25-26-28-31-33-36-39-42-47(57-51(56)44-41-38-35-32-29-27-24-22-20-17-14-11-8-5-2)45-50(55)52-48(46-53)49(54)43-40-37-34-30-18-15-12-9-6-3/h7-8,10-11,13,16-17,19-21,23-28,31,33,47-49,53-54H,4-6,9,12,14-15,18,22,29-30,32,34-46H2,1-3H3,(H,52,55)/b10-7-,11-8+,16-13+,20-17+,21-19+,25-23-,27-24+,28-26+,33-31+. The summed E-state index contributed by atoms with van der Waals surface area (Å²) in [5.41, 5.74) is 0. The molecule has 0 saturated heterocycles. The van der Waals surface area contributed by atoms with E-state index in [0.29, 0.717) is 19.3 Å². The molecule has 0 aromatic carbocycles. The third-order valence-corrected chi connectivity index (χ3v) is 9.51. The van der Waals surface area contributed by atoms with Crippen LogP contribution in [0.25, 0.3) is 0 Å². The van der Waals surface area contributed by atoms with Crippen LogP contribution >= 0.6 is 0 Å². The molecule has 6 nitrogen and oxygen atoms in total. The first-order valence-electron chi connectivity index (χ1n) is 22.7. The third kappa shape index (κ3) is 39.1. The molecule has 0 aromatic rings. The number of hydrogen-bond donors (Lipinski definition) is 3. The lowest BCUT2D eigenvalue weighted by atomic mass is 10.0. The molecule has 0 fully saturated rings. The quantitative estimate of drug-likeness (QED) is 0.0251. The highest BCUT2D eigenvalue weighted by Crippen LogP contribution is 2.16. The molecule has 0 bridgehead atoms. The molecule has 0 radical (unpaired) electrons. The smallest absolute Gasteiger partial charge is 0.306 e. The monoisotopic (exact) mass is 790 g/mol. The molecule has 0 saturated carbocycles. The first-order chi connectivity index (χ1) is 28.0. The van der Waals surface area contributed by atoms with Gasteiger partial charge < -0.3 is 20.3 Å². The van der Waals surface area contributed by atoms with Crippen molar-refractivity contribution in [2.75, 3.05) is 6.61 Å². The predicted octanol–water partition coefficient (Wildman–Crippen LogP) is 13.2. The number of carbonyl (C=O) groups is 2. The van der Waals surface area contributed by atoms with Gasteiger partial charge in [0.25, 0.3) is 0 Å². The molecule has 0 rings (SSSR count). The highest BCUT2D eigenvalue weighted by Gasteiger charge is 2.23. The minimum absolute atomic E-state index is 0.00989. The lowest BCUT2D eigenvalue weighted by Crippen LogP contribution is -2.46. The number of hydrogen-bond acceptors (Lipinski definition) is 5. The molecule has 0 heterocycles. The van der Waals surface area contributed by atoms with Gasteiger partial charge in [-0.05, 0) is 70.6 Å². The van der Waals surface area contributed by atoms with E-state index in [1.165, 1.54) is 38.5 Å². The SMILES string of the molecule is CC\C=C/C=C/C=C/C=C\C=C\C=C\CCCC(CC(=O)NC(CO)C(O)CCCCCCCCCCC)OC(=O)CCCCCC/C=C/C/C=C/C/C=C/CC. The third-order valence-electron chi connectivity index (χ3n) is 9.51. The maximum atomic E-state index is 13.1. The van der Waals surface area contributed by atoms with Crippen LogP contribution in [0.5, 0.6) is 0 Å². The summed E-state index contributed by atoms with van der Waals surface area (Å²) in [4.78, 5) is 26.0. The fraction of sp³-hybridized carbons (Fsp3) is 0.608. The summed E-state index contributed by atoms with van der Waals surface area (Å²) < 4.78 is 5.85. The summed E-state index contributed by atoms with van der Waals surface area (Å²) in [6.45, 7) is 6.15. The Labute approximate surface area is 349 Å². The highest BCUT2D eigenvalue weighted by molar-refractivity contribution is 5.77. The van der Waals surface area contributed by atoms with Gasteiger partial charge in [-0.25, -0.2) is 0 Å². The molecule has 0 spiro atoms. The van der Waals surface area contributed by atoms with Gasteiger partial charge in [0, 0.05) is 6.42 Å². The number of aliphatic hydroxyl groups is 2. The second-order valence-corrected chi connectivity index (χ2v) is 14.8. The Morgan fingerprint density at radius 3 is 1.67 bits per heavy atom. The van der Waals surface area contributed by atoms with Crippen LogP contribution in [0.15, 0.2) is 109 Å². The molecule has 0 aliphatic heterocycles. The van der Waals surface area contributed by atoms with Crippen LogP contribution in [-0.4, -0.2) is 46.9 Å². The number of ether oxygens (including phenoxy) is 1. The largest absolute Gasteiger partial charge is 0.462 e. The average Bonchev–Trinajstić information content (AvgIpc) is 3.20. The fourth-order valence-corrected chi connectivity index (χ4v) is 6.13. The normalized spacial score (nSPS) is 14.4. The van der Waals surface area contributed by atoms with Gasteiger partial charge >= 0.3 is 5.97 Å². The maximum absolute atomic E-state index is 13.1. The lowest BCUT2D eigenvalue weighted by molar-refractivity contribution is -0.151. The fourth-order valence-electron chi connectivity index (χ4n) is 6.13. The average molecular weight is 790 g/mol. The Hall–Kier alpha value is -3.48. The van der Waals surface area contributed by atoms with Crippen LogP contribution in [-0.2, 0) is 14.3 Å². The summed E-state index contributed by atoms with van der Waals surface area (Å²) in [6.07, 6.45) is 58.6. The molecule has 1 amide bonds. The highest BCUT2D eigenvalue weighted by atomic mass is 16.5. The lowest BCUT2D eigenvalue weighted by Gasteiger charge is -2.24. The van der Waals surface area contributed by atoms with Gasteiger partial charge in [-0.3, -0.25) is 9.59 Å². The van der Waals surface area contributed by atoms with Gasteiger partial charge in [0.1, 0.15) is 6.10 Å². The van der Waals surface area contributed by atoms with Crippen LogP contribution in [0.3, 0.4) is 0 Å². The van der Waals surface area contributed by atoms with E-state index < -0.39 is 18.2 Å². The van der Waals surface area contributed by atoms with Crippen molar-refractivity contribution >= 4 is 11.9 Å². The Morgan fingerprint density at radius 1 is 0.544 bits per heavy atom. The summed E-state index contributed by atoms with van der Waals surface area (Å²) >= 11 is 0. The molecule has 322 valence electrons. The minimum atomic E-state index is -0.816. The zero-order valence-corrected chi connectivity index (χ0v) is 36.4. The van der Waals surface area contributed by atoms with Crippen molar-refractivity contribution in [3.63, 3.8) is 0 Å². The van der Waals surface area contributed by atoms with Crippen LogP contribution in [0.1, 0.15) is 175 Å². The van der Waals surface area contributed by atoms with Crippen molar-refractivity contribution in [1.82, 2.24) is 5.32 Å². The molecule has 0 aliphatic carbocycles. The molecule has 3 N–H and O–H groups in total. The minimum Gasteiger partial charge on any atom is -0.462 e. The van der Waals surface area contributed by atoms with E-state index in [2.05, 4.69) is 74.7 Å². The summed E-state index contributed by atoms with van der Waals surface area (Å²) in [5.74, 6) is -0.591. The van der Waals surface area contributed by atoms with E-state index in [4.69, 9.17) is 4.74 Å². The molecule has 3 atom stereocenters. The Balaban J connectivity index is 4.84. The summed E-state index contributed by atoms with van der Waals surface area (Å²) in [5, 5.41) is 23.6. The van der Waals surface area contributed by atoms with E-state index in [1.54, 1.807) is 0 Å². The molecular weight excluding hydrogens is 707 g/mol. The topological polar surface area (TPSA) is 95.9 Å². The van der Waals surface area contributed by atoms with Crippen LogP contribution in [0.4, 0.5) is 0 Å². The number of amides is 1. The van der Waals surface area contributed by atoms with E-state index in [0.717, 1.165) is 89.9 Å². The maximum Gasteiger partial charge on any atom is 0.306 e. The predicted molar refractivity (Wildman–Crippen MR) is 245 cm³/mol. The van der Waals surface area contributed by atoms with Gasteiger partial charge in [-0.1, -0.05) is 201 Å².